The second-order valence-electron chi connectivity index (χ2n) is 2.34. The average molecular weight is 125 g/mol. The predicted molar refractivity (Wildman–Crippen MR) is 36.0 cm³/mol. The minimum Gasteiger partial charge on any atom is -0.333 e. The Hall–Kier alpha value is -0.790. The van der Waals surface area contributed by atoms with E-state index in [4.69, 9.17) is 0 Å². The van der Waals surface area contributed by atoms with Crippen molar-refractivity contribution >= 4 is 5.91 Å². The van der Waals surface area contributed by atoms with E-state index in [1.54, 1.807) is 6.92 Å². The Kier molecular flexibility index (Phi) is 1.56. The van der Waals surface area contributed by atoms with Gasteiger partial charge < -0.3 is 4.90 Å². The van der Waals surface area contributed by atoms with Crippen molar-refractivity contribution in [2.24, 2.45) is 0 Å². The molecule has 0 aliphatic carbocycles. The van der Waals surface area contributed by atoms with E-state index < -0.39 is 0 Å². The lowest BCUT2D eigenvalue weighted by molar-refractivity contribution is -0.128. The molecule has 0 spiro atoms. The van der Waals surface area contributed by atoms with Crippen LogP contribution in [0, 0.1) is 0 Å². The third-order valence-corrected chi connectivity index (χ3v) is 1.61. The fraction of sp³-hybridized carbons (Fsp3) is 0.571. The monoisotopic (exact) mass is 125 g/mol. The van der Waals surface area contributed by atoms with Crippen molar-refractivity contribution < 1.29 is 4.79 Å². The molecule has 1 rings (SSSR count). The zero-order chi connectivity index (χ0) is 6.85. The zero-order valence-corrected chi connectivity index (χ0v) is 5.79. The molecule has 1 amide bonds. The number of hydrogen-bond acceptors (Lipinski definition) is 1. The molecule has 0 aromatic heterocycles. The van der Waals surface area contributed by atoms with E-state index in [1.165, 1.54) is 0 Å². The Morgan fingerprint density at radius 2 is 2.44 bits per heavy atom. The summed E-state index contributed by atoms with van der Waals surface area (Å²) in [6.45, 7) is 4.41. The molecule has 0 radical (unpaired) electrons. The fourth-order valence-corrected chi connectivity index (χ4v) is 1.06. The van der Waals surface area contributed by atoms with Crippen molar-refractivity contribution in [3.63, 3.8) is 0 Å². The molecule has 1 heterocycles. The first-order valence-electron chi connectivity index (χ1n) is 3.15. The number of amides is 1. The number of carbonyl (C=O) groups excluding carboxylic acids is 1. The van der Waals surface area contributed by atoms with Gasteiger partial charge in [0.2, 0.25) is 5.91 Å². The van der Waals surface area contributed by atoms with E-state index in [2.05, 4.69) is 0 Å². The summed E-state index contributed by atoms with van der Waals surface area (Å²) in [5.74, 6) is 0.160. The molecule has 0 N–H and O–H groups in total. The van der Waals surface area contributed by atoms with Crippen LogP contribution in [0.25, 0.3) is 0 Å². The normalized spacial score (nSPS) is 25.1. The standard InChI is InChI=1S/C7H11NO/c1-6-4-3-5-8(6)7(2)9/h3-4,6H,5H2,1-2H3/t6-/m1/s1. The van der Waals surface area contributed by atoms with Gasteiger partial charge in [-0.05, 0) is 6.92 Å². The van der Waals surface area contributed by atoms with Crippen LogP contribution in [-0.2, 0) is 4.79 Å². The van der Waals surface area contributed by atoms with Crippen LogP contribution < -0.4 is 0 Å². The van der Waals surface area contributed by atoms with E-state index in [9.17, 15) is 4.79 Å². The molecule has 1 atom stereocenters. The van der Waals surface area contributed by atoms with Gasteiger partial charge in [-0.2, -0.15) is 0 Å². The maximum Gasteiger partial charge on any atom is 0.220 e. The first-order chi connectivity index (χ1) is 4.22. The Labute approximate surface area is 55.2 Å². The minimum atomic E-state index is 0.160. The summed E-state index contributed by atoms with van der Waals surface area (Å²) in [6, 6.07) is 0.308. The molecule has 1 aliphatic rings. The Bertz CT molecular complexity index is 151. The summed E-state index contributed by atoms with van der Waals surface area (Å²) in [5, 5.41) is 0. The van der Waals surface area contributed by atoms with Crippen molar-refractivity contribution in [1.29, 1.82) is 0 Å². The van der Waals surface area contributed by atoms with Gasteiger partial charge in [0, 0.05) is 19.5 Å². The lowest BCUT2D eigenvalue weighted by Crippen LogP contribution is -2.31. The molecule has 0 saturated carbocycles. The maximum absolute atomic E-state index is 10.7. The Morgan fingerprint density at radius 1 is 1.78 bits per heavy atom. The highest BCUT2D eigenvalue weighted by atomic mass is 16.2. The first kappa shape index (κ1) is 6.33. The topological polar surface area (TPSA) is 20.3 Å². The molecule has 0 fully saturated rings. The molecule has 0 aromatic carbocycles. The molecule has 0 unspecified atom stereocenters. The van der Waals surface area contributed by atoms with Gasteiger partial charge in [0.15, 0.2) is 0 Å². The third kappa shape index (κ3) is 1.12. The van der Waals surface area contributed by atoms with Crippen molar-refractivity contribution in [3.8, 4) is 0 Å². The highest BCUT2D eigenvalue weighted by molar-refractivity contribution is 5.74. The van der Waals surface area contributed by atoms with E-state index in [0.29, 0.717) is 6.04 Å². The minimum absolute atomic E-state index is 0.160. The average Bonchev–Trinajstić information content (AvgIpc) is 2.13. The molecule has 0 aromatic rings. The highest BCUT2D eigenvalue weighted by Gasteiger charge is 2.16. The zero-order valence-electron chi connectivity index (χ0n) is 5.79. The van der Waals surface area contributed by atoms with Gasteiger partial charge in [0.05, 0.1) is 0 Å². The summed E-state index contributed by atoms with van der Waals surface area (Å²) in [6.07, 6.45) is 4.06. The lowest BCUT2D eigenvalue weighted by Gasteiger charge is -2.18. The summed E-state index contributed by atoms with van der Waals surface area (Å²) in [5.41, 5.74) is 0. The van der Waals surface area contributed by atoms with Crippen LogP contribution in [0.3, 0.4) is 0 Å². The SMILES string of the molecule is CC(=O)N1CC=C[C@H]1C. The number of carbonyl (C=O) groups is 1. The van der Waals surface area contributed by atoms with Crippen molar-refractivity contribution in [1.82, 2.24) is 4.90 Å². The Morgan fingerprint density at radius 3 is 2.67 bits per heavy atom. The molecule has 1 aliphatic heterocycles. The quantitative estimate of drug-likeness (QED) is 0.438. The van der Waals surface area contributed by atoms with Gasteiger partial charge in [-0.15, -0.1) is 0 Å². The second-order valence-corrected chi connectivity index (χ2v) is 2.34. The predicted octanol–water partition coefficient (Wildman–Crippen LogP) is 0.793. The fourth-order valence-electron chi connectivity index (χ4n) is 1.06. The molecule has 2 nitrogen and oxygen atoms in total. The van der Waals surface area contributed by atoms with Crippen LogP contribution in [0.15, 0.2) is 12.2 Å². The summed E-state index contributed by atoms with van der Waals surface area (Å²) in [7, 11) is 0. The summed E-state index contributed by atoms with van der Waals surface area (Å²) >= 11 is 0. The van der Waals surface area contributed by atoms with Crippen molar-refractivity contribution in [2.75, 3.05) is 6.54 Å². The number of rotatable bonds is 0. The van der Waals surface area contributed by atoms with Crippen LogP contribution >= 0.6 is 0 Å². The number of hydrogen-bond donors (Lipinski definition) is 0. The van der Waals surface area contributed by atoms with Gasteiger partial charge in [-0.25, -0.2) is 0 Å². The van der Waals surface area contributed by atoms with Gasteiger partial charge in [0.25, 0.3) is 0 Å². The number of nitrogens with zero attached hydrogens (tertiary/aromatic N) is 1. The van der Waals surface area contributed by atoms with Crippen molar-refractivity contribution in [3.05, 3.63) is 12.2 Å². The second kappa shape index (κ2) is 2.21. The van der Waals surface area contributed by atoms with Gasteiger partial charge in [0.1, 0.15) is 0 Å². The van der Waals surface area contributed by atoms with Crippen LogP contribution in [0.4, 0.5) is 0 Å². The van der Waals surface area contributed by atoms with Crippen LogP contribution in [0.2, 0.25) is 0 Å². The molecule has 0 bridgehead atoms. The molecule has 9 heavy (non-hydrogen) atoms. The molecule has 50 valence electrons. The van der Waals surface area contributed by atoms with Crippen LogP contribution in [-0.4, -0.2) is 23.4 Å². The van der Waals surface area contributed by atoms with Gasteiger partial charge in [-0.1, -0.05) is 12.2 Å². The van der Waals surface area contributed by atoms with E-state index >= 15 is 0 Å². The maximum atomic E-state index is 10.7. The summed E-state index contributed by atoms with van der Waals surface area (Å²) < 4.78 is 0. The van der Waals surface area contributed by atoms with Crippen molar-refractivity contribution in [2.45, 2.75) is 19.9 Å². The first-order valence-corrected chi connectivity index (χ1v) is 3.15. The smallest absolute Gasteiger partial charge is 0.220 e. The van der Waals surface area contributed by atoms with Crippen LogP contribution in [0.1, 0.15) is 13.8 Å². The Balaban J connectivity index is 2.55. The lowest BCUT2D eigenvalue weighted by atomic mass is 10.3. The highest BCUT2D eigenvalue weighted by Crippen LogP contribution is 2.07. The van der Waals surface area contributed by atoms with E-state index in [-0.39, 0.29) is 5.91 Å². The third-order valence-electron chi connectivity index (χ3n) is 1.61. The summed E-state index contributed by atoms with van der Waals surface area (Å²) in [4.78, 5) is 12.6. The molecule has 0 saturated heterocycles. The van der Waals surface area contributed by atoms with E-state index in [0.717, 1.165) is 6.54 Å². The van der Waals surface area contributed by atoms with Gasteiger partial charge in [-0.3, -0.25) is 4.79 Å². The van der Waals surface area contributed by atoms with Gasteiger partial charge >= 0.3 is 0 Å². The van der Waals surface area contributed by atoms with Crippen LogP contribution in [0.5, 0.6) is 0 Å². The van der Waals surface area contributed by atoms with E-state index in [1.807, 2.05) is 24.0 Å². The molecular weight excluding hydrogens is 114 g/mol. The molecule has 2 heteroatoms. The molecular formula is C7H11NO. The largest absolute Gasteiger partial charge is 0.333 e.